The van der Waals surface area contributed by atoms with Crippen molar-refractivity contribution in [1.82, 2.24) is 4.90 Å². The predicted octanol–water partition coefficient (Wildman–Crippen LogP) is 1.99. The van der Waals surface area contributed by atoms with Gasteiger partial charge in [-0.25, -0.2) is 4.39 Å². The Morgan fingerprint density at radius 1 is 1.22 bits per heavy atom. The molecule has 0 spiro atoms. The van der Waals surface area contributed by atoms with Gasteiger partial charge >= 0.3 is 0 Å². The molecule has 1 atom stereocenters. The summed E-state index contributed by atoms with van der Waals surface area (Å²) in [4.78, 5) is 4.41. The molecule has 1 heterocycles. The van der Waals surface area contributed by atoms with Gasteiger partial charge in [-0.2, -0.15) is 0 Å². The number of hydrogen-bond donors (Lipinski definition) is 1. The van der Waals surface area contributed by atoms with E-state index in [0.29, 0.717) is 5.69 Å². The van der Waals surface area contributed by atoms with Crippen LogP contribution in [0.5, 0.6) is 0 Å². The van der Waals surface area contributed by atoms with Crippen LogP contribution in [0.1, 0.15) is 24.9 Å². The highest BCUT2D eigenvalue weighted by atomic mass is 19.1. The van der Waals surface area contributed by atoms with Gasteiger partial charge in [0.05, 0.1) is 5.69 Å². The highest BCUT2D eigenvalue weighted by Crippen LogP contribution is 2.23. The van der Waals surface area contributed by atoms with Gasteiger partial charge in [-0.15, -0.1) is 0 Å². The molecule has 0 aliphatic carbocycles. The maximum atomic E-state index is 14.1. The van der Waals surface area contributed by atoms with Gasteiger partial charge in [-0.3, -0.25) is 0 Å². The fourth-order valence-electron chi connectivity index (χ4n) is 2.35. The minimum atomic E-state index is -0.158. The Hall–Kier alpha value is -1.13. The van der Waals surface area contributed by atoms with Gasteiger partial charge in [0.15, 0.2) is 0 Å². The molecule has 1 fully saturated rings. The normalized spacial score (nSPS) is 19.7. The first-order valence-electron chi connectivity index (χ1n) is 6.56. The summed E-state index contributed by atoms with van der Waals surface area (Å²) in [7, 11) is 2.11. The smallest absolute Gasteiger partial charge is 0.146 e. The molecule has 2 N–H and O–H groups in total. The van der Waals surface area contributed by atoms with Crippen molar-refractivity contribution in [3.8, 4) is 0 Å². The first-order chi connectivity index (χ1) is 8.58. The van der Waals surface area contributed by atoms with E-state index in [1.54, 1.807) is 6.07 Å². The second-order valence-corrected chi connectivity index (χ2v) is 5.14. The van der Waals surface area contributed by atoms with Crippen molar-refractivity contribution in [1.29, 1.82) is 0 Å². The van der Waals surface area contributed by atoms with Gasteiger partial charge in [0.2, 0.25) is 0 Å². The van der Waals surface area contributed by atoms with E-state index in [1.165, 1.54) is 0 Å². The maximum absolute atomic E-state index is 14.1. The van der Waals surface area contributed by atoms with E-state index >= 15 is 0 Å². The number of benzene rings is 1. The van der Waals surface area contributed by atoms with E-state index in [1.807, 2.05) is 19.1 Å². The second kappa shape index (κ2) is 5.67. The molecule has 4 heteroatoms. The molecule has 1 aliphatic heterocycles. The van der Waals surface area contributed by atoms with E-state index in [9.17, 15) is 4.39 Å². The second-order valence-electron chi connectivity index (χ2n) is 5.14. The molecule has 1 unspecified atom stereocenters. The Morgan fingerprint density at radius 3 is 2.67 bits per heavy atom. The largest absolute Gasteiger partial charge is 0.368 e. The molecule has 1 aromatic rings. The van der Waals surface area contributed by atoms with E-state index in [2.05, 4.69) is 16.8 Å². The van der Waals surface area contributed by atoms with Crippen molar-refractivity contribution in [3.63, 3.8) is 0 Å². The minimum absolute atomic E-state index is 0.121. The Bertz CT molecular complexity index is 406. The van der Waals surface area contributed by atoms with Gasteiger partial charge in [-0.05, 0) is 44.6 Å². The summed E-state index contributed by atoms with van der Waals surface area (Å²) in [5.41, 5.74) is 7.32. The number of anilines is 1. The lowest BCUT2D eigenvalue weighted by molar-refractivity contribution is 0.360. The average molecular weight is 251 g/mol. The Morgan fingerprint density at radius 2 is 2.00 bits per heavy atom. The van der Waals surface area contributed by atoms with Gasteiger partial charge < -0.3 is 15.5 Å². The van der Waals surface area contributed by atoms with Crippen LogP contribution in [-0.2, 0) is 0 Å². The highest BCUT2D eigenvalue weighted by Gasteiger charge is 2.16. The van der Waals surface area contributed by atoms with Crippen LogP contribution < -0.4 is 10.6 Å². The molecular weight excluding hydrogens is 229 g/mol. The summed E-state index contributed by atoms with van der Waals surface area (Å²) in [6.07, 6.45) is 1.07. The lowest BCUT2D eigenvalue weighted by Gasteiger charge is -2.24. The maximum Gasteiger partial charge on any atom is 0.146 e. The molecule has 1 aromatic carbocycles. The van der Waals surface area contributed by atoms with Crippen LogP contribution in [0.15, 0.2) is 18.2 Å². The number of likely N-dealkylation sites (N-methyl/N-ethyl adjacent to an activating group) is 1. The molecule has 0 aromatic heterocycles. The number of hydrogen-bond acceptors (Lipinski definition) is 3. The summed E-state index contributed by atoms with van der Waals surface area (Å²) >= 11 is 0. The predicted molar refractivity (Wildman–Crippen MR) is 73.3 cm³/mol. The number of halogens is 1. The molecule has 0 amide bonds. The average Bonchev–Trinajstić information content (AvgIpc) is 2.54. The van der Waals surface area contributed by atoms with Gasteiger partial charge in [-0.1, -0.05) is 6.07 Å². The highest BCUT2D eigenvalue weighted by molar-refractivity contribution is 5.49. The standard InChI is InChI=1S/C14H22FN3/c1-11(16)12-4-5-14(13(15)10-12)18-7-3-6-17(2)8-9-18/h4-5,10-11H,3,6-9,16H2,1-2H3. The Labute approximate surface area is 108 Å². The fourth-order valence-corrected chi connectivity index (χ4v) is 2.35. The zero-order chi connectivity index (χ0) is 13.1. The van der Waals surface area contributed by atoms with Crippen LogP contribution in [0.25, 0.3) is 0 Å². The fraction of sp³-hybridized carbons (Fsp3) is 0.571. The Balaban J connectivity index is 2.17. The number of rotatable bonds is 2. The zero-order valence-corrected chi connectivity index (χ0v) is 11.2. The zero-order valence-electron chi connectivity index (χ0n) is 11.2. The van der Waals surface area contributed by atoms with E-state index < -0.39 is 0 Å². The topological polar surface area (TPSA) is 32.5 Å². The third kappa shape index (κ3) is 3.00. The molecular formula is C14H22FN3. The van der Waals surface area contributed by atoms with Gasteiger partial charge in [0, 0.05) is 25.7 Å². The molecule has 1 aliphatic rings. The first kappa shape index (κ1) is 13.3. The van der Waals surface area contributed by atoms with Crippen LogP contribution in [0.2, 0.25) is 0 Å². The van der Waals surface area contributed by atoms with Gasteiger partial charge in [0.25, 0.3) is 0 Å². The van der Waals surface area contributed by atoms with Gasteiger partial charge in [0.1, 0.15) is 5.82 Å². The lowest BCUT2D eigenvalue weighted by Crippen LogP contribution is -2.29. The molecule has 0 saturated carbocycles. The van der Waals surface area contributed by atoms with Crippen LogP contribution in [0, 0.1) is 5.82 Å². The van der Waals surface area contributed by atoms with Crippen molar-refractivity contribution in [2.24, 2.45) is 5.73 Å². The summed E-state index contributed by atoms with van der Waals surface area (Å²) in [6.45, 7) is 5.73. The van der Waals surface area contributed by atoms with Crippen molar-refractivity contribution in [2.75, 3.05) is 38.1 Å². The molecule has 18 heavy (non-hydrogen) atoms. The monoisotopic (exact) mass is 251 g/mol. The SMILES string of the molecule is CC(N)c1ccc(N2CCCN(C)CC2)c(F)c1. The third-order valence-electron chi connectivity index (χ3n) is 3.56. The molecule has 2 rings (SSSR count). The molecule has 0 bridgehead atoms. The van der Waals surface area contributed by atoms with Crippen molar-refractivity contribution >= 4 is 5.69 Å². The summed E-state index contributed by atoms with van der Waals surface area (Å²) in [5, 5.41) is 0. The quantitative estimate of drug-likeness (QED) is 0.872. The number of nitrogens with zero attached hydrogens (tertiary/aromatic N) is 2. The first-order valence-corrected chi connectivity index (χ1v) is 6.56. The van der Waals surface area contributed by atoms with Crippen LogP contribution >= 0.6 is 0 Å². The van der Waals surface area contributed by atoms with Crippen LogP contribution in [-0.4, -0.2) is 38.1 Å². The summed E-state index contributed by atoms with van der Waals surface area (Å²) < 4.78 is 14.1. The Kier molecular flexibility index (Phi) is 4.19. The molecule has 0 radical (unpaired) electrons. The molecule has 1 saturated heterocycles. The summed E-state index contributed by atoms with van der Waals surface area (Å²) in [6, 6.07) is 5.23. The lowest BCUT2D eigenvalue weighted by atomic mass is 10.1. The minimum Gasteiger partial charge on any atom is -0.368 e. The van der Waals surface area contributed by atoms with E-state index in [0.717, 1.165) is 38.2 Å². The van der Waals surface area contributed by atoms with Crippen molar-refractivity contribution in [3.05, 3.63) is 29.6 Å². The number of nitrogens with two attached hydrogens (primary N) is 1. The van der Waals surface area contributed by atoms with Crippen molar-refractivity contribution in [2.45, 2.75) is 19.4 Å². The molecule has 100 valence electrons. The molecule has 3 nitrogen and oxygen atoms in total. The van der Waals surface area contributed by atoms with E-state index in [4.69, 9.17) is 5.73 Å². The van der Waals surface area contributed by atoms with Crippen LogP contribution in [0.4, 0.5) is 10.1 Å². The summed E-state index contributed by atoms with van der Waals surface area (Å²) in [5.74, 6) is -0.158. The van der Waals surface area contributed by atoms with E-state index in [-0.39, 0.29) is 11.9 Å². The van der Waals surface area contributed by atoms with Crippen LogP contribution in [0.3, 0.4) is 0 Å². The van der Waals surface area contributed by atoms with Crippen molar-refractivity contribution < 1.29 is 4.39 Å². The third-order valence-corrected chi connectivity index (χ3v) is 3.56.